The highest BCUT2D eigenvalue weighted by Crippen LogP contribution is 2.34. The van der Waals surface area contributed by atoms with Crippen LogP contribution in [-0.4, -0.2) is 18.9 Å². The molecule has 2 amide bonds. The summed E-state index contributed by atoms with van der Waals surface area (Å²) >= 11 is 0. The molecular formula is C24H19NO3. The fourth-order valence-electron chi connectivity index (χ4n) is 3.39. The summed E-state index contributed by atoms with van der Waals surface area (Å²) in [6.07, 6.45) is 1.82. The molecule has 0 spiro atoms. The first-order valence-electron chi connectivity index (χ1n) is 8.99. The summed E-state index contributed by atoms with van der Waals surface area (Å²) < 4.78 is 5.20. The molecule has 0 fully saturated rings. The van der Waals surface area contributed by atoms with E-state index in [1.54, 1.807) is 19.2 Å². The Bertz CT molecular complexity index is 1100. The summed E-state index contributed by atoms with van der Waals surface area (Å²) in [5, 5.41) is 0. The number of hydrogen-bond acceptors (Lipinski definition) is 3. The fraction of sp³-hybridized carbons (Fsp3) is 0.0833. The zero-order chi connectivity index (χ0) is 19.7. The second-order valence-electron chi connectivity index (χ2n) is 6.61. The Morgan fingerprint density at radius 1 is 0.786 bits per heavy atom. The van der Waals surface area contributed by atoms with Crippen LogP contribution in [0.1, 0.15) is 27.0 Å². The number of carbonyl (C=O) groups is 2. The molecule has 0 atom stereocenters. The van der Waals surface area contributed by atoms with Gasteiger partial charge < -0.3 is 4.74 Å². The Hall–Kier alpha value is -3.66. The van der Waals surface area contributed by atoms with Crippen LogP contribution in [0.25, 0.3) is 11.6 Å². The number of anilines is 1. The van der Waals surface area contributed by atoms with Crippen LogP contribution < -0.4 is 9.64 Å². The van der Waals surface area contributed by atoms with Crippen LogP contribution in [0.5, 0.6) is 5.75 Å². The normalized spacial score (nSPS) is 14.9. The van der Waals surface area contributed by atoms with E-state index in [1.807, 2.05) is 73.7 Å². The first kappa shape index (κ1) is 17.7. The minimum absolute atomic E-state index is 0.304. The molecule has 1 aliphatic heterocycles. The van der Waals surface area contributed by atoms with Crippen LogP contribution in [0, 0.1) is 6.92 Å². The van der Waals surface area contributed by atoms with Crippen molar-refractivity contribution in [2.75, 3.05) is 12.0 Å². The van der Waals surface area contributed by atoms with E-state index >= 15 is 0 Å². The lowest BCUT2D eigenvalue weighted by Crippen LogP contribution is -2.42. The largest absolute Gasteiger partial charge is 0.497 e. The van der Waals surface area contributed by atoms with Crippen LogP contribution in [0.15, 0.2) is 72.8 Å². The average Bonchev–Trinajstić information content (AvgIpc) is 2.73. The first-order valence-corrected chi connectivity index (χ1v) is 8.99. The van der Waals surface area contributed by atoms with E-state index < -0.39 is 0 Å². The van der Waals surface area contributed by atoms with Gasteiger partial charge in [0.15, 0.2) is 0 Å². The second-order valence-corrected chi connectivity index (χ2v) is 6.61. The third-order valence-corrected chi connectivity index (χ3v) is 4.87. The maximum atomic E-state index is 13.4. The highest BCUT2D eigenvalue weighted by Gasteiger charge is 2.36. The van der Waals surface area contributed by atoms with E-state index in [9.17, 15) is 9.59 Å². The SMILES string of the molecule is COc1ccc(/C=C2/C(=O)N(c3ccccc3C)C(=O)c3ccccc32)cc1. The van der Waals surface area contributed by atoms with Crippen LogP contribution >= 0.6 is 0 Å². The molecule has 0 unspecified atom stereocenters. The van der Waals surface area contributed by atoms with Crippen LogP contribution in [0.2, 0.25) is 0 Å². The number of amides is 2. The summed E-state index contributed by atoms with van der Waals surface area (Å²) in [4.78, 5) is 27.8. The molecule has 0 saturated carbocycles. The summed E-state index contributed by atoms with van der Waals surface area (Å²) in [6, 6.07) is 22.1. The van der Waals surface area contributed by atoms with Crippen LogP contribution in [0.4, 0.5) is 5.69 Å². The Kier molecular flexibility index (Phi) is 4.53. The third-order valence-electron chi connectivity index (χ3n) is 4.87. The monoisotopic (exact) mass is 369 g/mol. The van der Waals surface area contributed by atoms with Gasteiger partial charge in [0, 0.05) is 11.1 Å². The molecular weight excluding hydrogens is 350 g/mol. The lowest BCUT2D eigenvalue weighted by Gasteiger charge is -2.29. The van der Waals surface area contributed by atoms with E-state index in [0.29, 0.717) is 22.4 Å². The first-order chi connectivity index (χ1) is 13.6. The van der Waals surface area contributed by atoms with Gasteiger partial charge in [0.25, 0.3) is 11.8 Å². The molecule has 3 aromatic rings. The Labute approximate surface area is 163 Å². The van der Waals surface area contributed by atoms with E-state index in [1.165, 1.54) is 4.90 Å². The van der Waals surface area contributed by atoms with Gasteiger partial charge in [-0.05, 0) is 54.0 Å². The Balaban J connectivity index is 1.88. The molecule has 1 aliphatic rings. The van der Waals surface area contributed by atoms with Crippen molar-refractivity contribution in [3.05, 3.63) is 95.1 Å². The highest BCUT2D eigenvalue weighted by atomic mass is 16.5. The minimum Gasteiger partial charge on any atom is -0.497 e. The van der Waals surface area contributed by atoms with Crippen molar-refractivity contribution in [1.82, 2.24) is 0 Å². The number of para-hydroxylation sites is 1. The number of methoxy groups -OCH3 is 1. The molecule has 0 bridgehead atoms. The molecule has 4 heteroatoms. The molecule has 0 radical (unpaired) electrons. The molecule has 4 nitrogen and oxygen atoms in total. The lowest BCUT2D eigenvalue weighted by molar-refractivity contribution is -0.112. The van der Waals surface area contributed by atoms with Crippen molar-refractivity contribution in [3.63, 3.8) is 0 Å². The molecule has 28 heavy (non-hydrogen) atoms. The minimum atomic E-state index is -0.325. The molecule has 1 heterocycles. The van der Waals surface area contributed by atoms with Gasteiger partial charge in [0.05, 0.1) is 12.8 Å². The van der Waals surface area contributed by atoms with E-state index in [2.05, 4.69) is 0 Å². The summed E-state index contributed by atoms with van der Waals surface area (Å²) in [6.45, 7) is 1.89. The molecule has 4 rings (SSSR count). The third kappa shape index (κ3) is 2.99. The molecule has 3 aromatic carbocycles. The number of rotatable bonds is 3. The Morgan fingerprint density at radius 3 is 2.11 bits per heavy atom. The molecule has 0 aliphatic carbocycles. The number of ether oxygens (including phenoxy) is 1. The predicted molar refractivity (Wildman–Crippen MR) is 110 cm³/mol. The van der Waals surface area contributed by atoms with Crippen molar-refractivity contribution < 1.29 is 14.3 Å². The lowest BCUT2D eigenvalue weighted by atomic mass is 9.91. The number of hydrogen-bond donors (Lipinski definition) is 0. The van der Waals surface area contributed by atoms with Gasteiger partial charge in [0.1, 0.15) is 5.75 Å². The standard InChI is InChI=1S/C24H19NO3/c1-16-7-3-6-10-22(16)25-23(26)20-9-5-4-8-19(20)21(24(25)27)15-17-11-13-18(28-2)14-12-17/h3-15H,1-2H3/b21-15+. The smallest absolute Gasteiger partial charge is 0.265 e. The van der Waals surface area contributed by atoms with Gasteiger partial charge in [-0.15, -0.1) is 0 Å². The molecule has 138 valence electrons. The highest BCUT2D eigenvalue weighted by molar-refractivity contribution is 6.43. The quantitative estimate of drug-likeness (QED) is 0.495. The number of fused-ring (bicyclic) bond motifs is 1. The number of carbonyl (C=O) groups excluding carboxylic acids is 2. The van der Waals surface area contributed by atoms with E-state index in [4.69, 9.17) is 4.74 Å². The average molecular weight is 369 g/mol. The van der Waals surface area contributed by atoms with Gasteiger partial charge in [-0.3, -0.25) is 9.59 Å². The van der Waals surface area contributed by atoms with Crippen LogP contribution in [0.3, 0.4) is 0 Å². The van der Waals surface area contributed by atoms with Gasteiger partial charge in [-0.1, -0.05) is 48.5 Å². The Morgan fingerprint density at radius 2 is 1.43 bits per heavy atom. The molecule has 0 saturated heterocycles. The van der Waals surface area contributed by atoms with Crippen molar-refractivity contribution in [1.29, 1.82) is 0 Å². The second kappa shape index (κ2) is 7.16. The molecule has 0 aromatic heterocycles. The number of benzene rings is 3. The number of nitrogens with zero attached hydrogens (tertiary/aromatic N) is 1. The summed E-state index contributed by atoms with van der Waals surface area (Å²) in [5.41, 5.74) is 3.99. The van der Waals surface area contributed by atoms with Crippen molar-refractivity contribution in [2.45, 2.75) is 6.92 Å². The van der Waals surface area contributed by atoms with Crippen molar-refractivity contribution in [2.24, 2.45) is 0 Å². The van der Waals surface area contributed by atoms with Gasteiger partial charge in [-0.25, -0.2) is 4.90 Å². The van der Waals surface area contributed by atoms with Gasteiger partial charge in [0.2, 0.25) is 0 Å². The van der Waals surface area contributed by atoms with Crippen LogP contribution in [-0.2, 0) is 4.79 Å². The molecule has 0 N–H and O–H groups in total. The maximum absolute atomic E-state index is 13.4. The predicted octanol–water partition coefficient (Wildman–Crippen LogP) is 4.73. The van der Waals surface area contributed by atoms with Crippen molar-refractivity contribution in [3.8, 4) is 5.75 Å². The maximum Gasteiger partial charge on any atom is 0.265 e. The fourth-order valence-corrected chi connectivity index (χ4v) is 3.39. The number of aryl methyl sites for hydroxylation is 1. The summed E-state index contributed by atoms with van der Waals surface area (Å²) in [7, 11) is 1.61. The zero-order valence-electron chi connectivity index (χ0n) is 15.7. The van der Waals surface area contributed by atoms with E-state index in [0.717, 1.165) is 16.9 Å². The van der Waals surface area contributed by atoms with Gasteiger partial charge in [-0.2, -0.15) is 0 Å². The van der Waals surface area contributed by atoms with Crippen molar-refractivity contribution >= 4 is 29.2 Å². The topological polar surface area (TPSA) is 46.6 Å². The summed E-state index contributed by atoms with van der Waals surface area (Å²) in [5.74, 6) is 0.116. The van der Waals surface area contributed by atoms with Gasteiger partial charge >= 0.3 is 0 Å². The number of imide groups is 1. The zero-order valence-corrected chi connectivity index (χ0v) is 15.7. The van der Waals surface area contributed by atoms with E-state index in [-0.39, 0.29) is 11.8 Å².